The highest BCUT2D eigenvalue weighted by Crippen LogP contribution is 2.35. The molecule has 1 heterocycles. The lowest BCUT2D eigenvalue weighted by atomic mass is 9.89. The van der Waals surface area contributed by atoms with Crippen molar-refractivity contribution in [3.8, 4) is 22.7 Å². The molecule has 3 aromatic carbocycles. The fourth-order valence-electron chi connectivity index (χ4n) is 4.82. The molecule has 0 aliphatic heterocycles. The molecular weight excluding hydrogens is 420 g/mol. The van der Waals surface area contributed by atoms with Gasteiger partial charge in [-0.25, -0.2) is 0 Å². The quantitative estimate of drug-likeness (QED) is 0.380. The van der Waals surface area contributed by atoms with Crippen molar-refractivity contribution in [3.63, 3.8) is 0 Å². The number of fused-ring (bicyclic) bond motifs is 1. The zero-order valence-electron chi connectivity index (χ0n) is 19.8. The van der Waals surface area contributed by atoms with E-state index in [0.717, 1.165) is 29.8 Å². The van der Waals surface area contributed by atoms with Crippen LogP contribution in [0, 0.1) is 5.92 Å². The van der Waals surface area contributed by atoms with Gasteiger partial charge in [0.2, 0.25) is 0 Å². The van der Waals surface area contributed by atoms with Gasteiger partial charge >= 0.3 is 0 Å². The Morgan fingerprint density at radius 2 is 1.74 bits per heavy atom. The van der Waals surface area contributed by atoms with Gasteiger partial charge in [0, 0.05) is 23.5 Å². The number of aromatic nitrogens is 1. The van der Waals surface area contributed by atoms with Gasteiger partial charge in [0.1, 0.15) is 5.75 Å². The zero-order valence-corrected chi connectivity index (χ0v) is 19.8. The summed E-state index contributed by atoms with van der Waals surface area (Å²) < 4.78 is 7.58. The van der Waals surface area contributed by atoms with Crippen LogP contribution in [0.25, 0.3) is 16.9 Å². The van der Waals surface area contributed by atoms with Crippen LogP contribution in [0.1, 0.15) is 40.5 Å². The predicted octanol–water partition coefficient (Wildman–Crippen LogP) is 6.21. The molecule has 1 atom stereocenters. The third kappa shape index (κ3) is 4.49. The summed E-state index contributed by atoms with van der Waals surface area (Å²) in [5, 5.41) is 3.01. The van der Waals surface area contributed by atoms with E-state index in [2.05, 4.69) is 65.3 Å². The summed E-state index contributed by atoms with van der Waals surface area (Å²) >= 11 is 0. The van der Waals surface area contributed by atoms with Gasteiger partial charge in [-0.2, -0.15) is 0 Å². The van der Waals surface area contributed by atoms with E-state index in [-0.39, 0.29) is 5.91 Å². The minimum Gasteiger partial charge on any atom is -0.497 e. The largest absolute Gasteiger partial charge is 0.497 e. The summed E-state index contributed by atoms with van der Waals surface area (Å²) in [7, 11) is 1.65. The van der Waals surface area contributed by atoms with E-state index in [1.807, 2.05) is 36.4 Å². The van der Waals surface area contributed by atoms with Gasteiger partial charge in [-0.05, 0) is 84.3 Å². The third-order valence-electron chi connectivity index (χ3n) is 6.70. The van der Waals surface area contributed by atoms with Crippen LogP contribution >= 0.6 is 0 Å². The summed E-state index contributed by atoms with van der Waals surface area (Å²) in [5.74, 6) is 1.44. The molecule has 4 aromatic rings. The lowest BCUT2D eigenvalue weighted by Crippen LogP contribution is -2.22. The topological polar surface area (TPSA) is 43.3 Å². The molecule has 4 heteroatoms. The summed E-state index contributed by atoms with van der Waals surface area (Å²) in [6.07, 6.45) is 3.40. The molecule has 5 rings (SSSR count). The monoisotopic (exact) mass is 450 g/mol. The smallest absolute Gasteiger partial charge is 0.251 e. The van der Waals surface area contributed by atoms with Crippen LogP contribution in [0.15, 0.2) is 84.9 Å². The van der Waals surface area contributed by atoms with Crippen LogP contribution in [0.4, 0.5) is 0 Å². The van der Waals surface area contributed by atoms with Crippen molar-refractivity contribution in [2.24, 2.45) is 5.92 Å². The molecule has 1 aromatic heterocycles. The second-order valence-corrected chi connectivity index (χ2v) is 9.13. The molecule has 1 amide bonds. The first-order valence-electron chi connectivity index (χ1n) is 11.9. The SMILES string of the molecule is COc1ccc(CNC(=O)c2ccc(-n3c(-c4ccccc4)cc4c3CC[C@H](C)C4)cc2)cc1. The standard InChI is InChI=1S/C30H30N2O2/c1-21-8-17-28-25(18-21)19-29(23-6-4-3-5-7-23)32(28)26-13-11-24(12-14-26)30(33)31-20-22-9-15-27(34-2)16-10-22/h3-7,9-16,19,21H,8,17-18,20H2,1-2H3,(H,31,33)/t21-/m0/s1. The van der Waals surface area contributed by atoms with Crippen molar-refractivity contribution in [2.75, 3.05) is 7.11 Å². The Morgan fingerprint density at radius 3 is 2.44 bits per heavy atom. The maximum absolute atomic E-state index is 12.8. The normalized spacial score (nSPS) is 14.9. The van der Waals surface area contributed by atoms with Crippen LogP contribution < -0.4 is 10.1 Å². The average Bonchev–Trinajstić information content (AvgIpc) is 3.26. The molecule has 0 unspecified atom stereocenters. The molecule has 1 aliphatic rings. The van der Waals surface area contributed by atoms with Crippen molar-refractivity contribution in [2.45, 2.75) is 32.7 Å². The summed E-state index contributed by atoms with van der Waals surface area (Å²) in [4.78, 5) is 12.8. The number of hydrogen-bond acceptors (Lipinski definition) is 2. The number of benzene rings is 3. The van der Waals surface area contributed by atoms with Gasteiger partial charge in [-0.3, -0.25) is 4.79 Å². The molecule has 0 fully saturated rings. The second-order valence-electron chi connectivity index (χ2n) is 9.13. The maximum atomic E-state index is 12.8. The molecule has 0 radical (unpaired) electrons. The summed E-state index contributed by atoms with van der Waals surface area (Å²) in [6.45, 7) is 2.81. The third-order valence-corrected chi connectivity index (χ3v) is 6.70. The van der Waals surface area contributed by atoms with Gasteiger partial charge in [-0.1, -0.05) is 49.4 Å². The van der Waals surface area contributed by atoms with E-state index in [9.17, 15) is 4.79 Å². The van der Waals surface area contributed by atoms with E-state index >= 15 is 0 Å². The Labute approximate surface area is 201 Å². The Hall–Kier alpha value is -3.79. The molecule has 1 N–H and O–H groups in total. The number of rotatable bonds is 6. The first-order chi connectivity index (χ1) is 16.6. The first kappa shape index (κ1) is 22.0. The number of nitrogens with one attached hydrogen (secondary N) is 1. The molecule has 0 spiro atoms. The van der Waals surface area contributed by atoms with Crippen LogP contribution in [-0.4, -0.2) is 17.6 Å². The van der Waals surface area contributed by atoms with Crippen molar-refractivity contribution in [1.82, 2.24) is 9.88 Å². The van der Waals surface area contributed by atoms with Crippen molar-refractivity contribution >= 4 is 5.91 Å². The van der Waals surface area contributed by atoms with E-state index in [1.165, 1.54) is 28.9 Å². The van der Waals surface area contributed by atoms with Crippen LogP contribution in [0.5, 0.6) is 5.75 Å². The highest BCUT2D eigenvalue weighted by molar-refractivity contribution is 5.94. The molecule has 4 nitrogen and oxygen atoms in total. The molecule has 34 heavy (non-hydrogen) atoms. The Bertz CT molecular complexity index is 1270. The van der Waals surface area contributed by atoms with E-state index in [0.29, 0.717) is 18.0 Å². The number of nitrogens with zero attached hydrogens (tertiary/aromatic N) is 1. The number of carbonyl (C=O) groups is 1. The number of hydrogen-bond donors (Lipinski definition) is 1. The Balaban J connectivity index is 1.39. The second kappa shape index (κ2) is 9.60. The van der Waals surface area contributed by atoms with E-state index in [4.69, 9.17) is 4.74 Å². The fraction of sp³-hybridized carbons (Fsp3) is 0.233. The molecule has 0 saturated heterocycles. The lowest BCUT2D eigenvalue weighted by molar-refractivity contribution is 0.0951. The molecular formula is C30H30N2O2. The van der Waals surface area contributed by atoms with Gasteiger partial charge in [0.05, 0.1) is 12.8 Å². The first-order valence-corrected chi connectivity index (χ1v) is 11.9. The number of ether oxygens (including phenoxy) is 1. The summed E-state index contributed by atoms with van der Waals surface area (Å²) in [6, 6.07) is 28.6. The van der Waals surface area contributed by atoms with Crippen LogP contribution in [-0.2, 0) is 19.4 Å². The van der Waals surface area contributed by atoms with Crippen molar-refractivity contribution in [1.29, 1.82) is 0 Å². The lowest BCUT2D eigenvalue weighted by Gasteiger charge is -2.21. The van der Waals surface area contributed by atoms with Gasteiger partial charge < -0.3 is 14.6 Å². The highest BCUT2D eigenvalue weighted by atomic mass is 16.5. The van der Waals surface area contributed by atoms with Crippen LogP contribution in [0.3, 0.4) is 0 Å². The van der Waals surface area contributed by atoms with E-state index < -0.39 is 0 Å². The van der Waals surface area contributed by atoms with E-state index in [1.54, 1.807) is 7.11 Å². The maximum Gasteiger partial charge on any atom is 0.251 e. The number of amides is 1. The van der Waals surface area contributed by atoms with Crippen molar-refractivity contribution in [3.05, 3.63) is 107 Å². The predicted molar refractivity (Wildman–Crippen MR) is 137 cm³/mol. The highest BCUT2D eigenvalue weighted by Gasteiger charge is 2.23. The molecule has 0 saturated carbocycles. The molecule has 172 valence electrons. The Kier molecular flexibility index (Phi) is 6.22. The number of methoxy groups -OCH3 is 1. The minimum absolute atomic E-state index is 0.0750. The van der Waals surface area contributed by atoms with Crippen molar-refractivity contribution < 1.29 is 9.53 Å². The minimum atomic E-state index is -0.0750. The fourth-order valence-corrected chi connectivity index (χ4v) is 4.82. The van der Waals surface area contributed by atoms with Gasteiger partial charge in [0.15, 0.2) is 0 Å². The average molecular weight is 451 g/mol. The van der Waals surface area contributed by atoms with Gasteiger partial charge in [0.25, 0.3) is 5.91 Å². The Morgan fingerprint density at radius 1 is 1.00 bits per heavy atom. The molecule has 0 bridgehead atoms. The zero-order chi connectivity index (χ0) is 23.5. The van der Waals surface area contributed by atoms with Gasteiger partial charge in [-0.15, -0.1) is 0 Å². The van der Waals surface area contributed by atoms with Crippen LogP contribution in [0.2, 0.25) is 0 Å². The summed E-state index contributed by atoms with van der Waals surface area (Å²) in [5.41, 5.74) is 8.07. The number of carbonyl (C=O) groups excluding carboxylic acids is 1. The molecule has 1 aliphatic carbocycles.